The monoisotopic (exact) mass is 344 g/mol. The minimum atomic E-state index is -1.03. The molecule has 1 fully saturated rings. The van der Waals surface area contributed by atoms with Crippen molar-refractivity contribution in [1.82, 2.24) is 10.6 Å². The molecule has 0 bridgehead atoms. The van der Waals surface area contributed by atoms with Gasteiger partial charge in [-0.1, -0.05) is 56.0 Å². The van der Waals surface area contributed by atoms with Gasteiger partial charge in [-0.2, -0.15) is 0 Å². The second-order valence-corrected chi connectivity index (χ2v) is 7.63. The Hall–Kier alpha value is -1.84. The van der Waals surface area contributed by atoms with Crippen LogP contribution in [0.5, 0.6) is 0 Å². The minimum absolute atomic E-state index is 0.153. The molecule has 0 aliphatic heterocycles. The number of hydrogen-bond acceptors (Lipinski definition) is 2. The van der Waals surface area contributed by atoms with Crippen LogP contribution in [0, 0.1) is 5.41 Å². The zero-order valence-corrected chi connectivity index (χ0v) is 15.6. The summed E-state index contributed by atoms with van der Waals surface area (Å²) < 4.78 is 0. The fraction of sp³-hybridized carbons (Fsp3) is 0.619. The molecule has 1 aromatic carbocycles. The van der Waals surface area contributed by atoms with Crippen LogP contribution in [0.25, 0.3) is 0 Å². The largest absolute Gasteiger partial charge is 0.355 e. The Morgan fingerprint density at radius 3 is 2.28 bits per heavy atom. The van der Waals surface area contributed by atoms with Gasteiger partial charge in [-0.05, 0) is 45.1 Å². The minimum Gasteiger partial charge on any atom is -0.355 e. The van der Waals surface area contributed by atoms with Crippen LogP contribution in [0.1, 0.15) is 64.4 Å². The van der Waals surface area contributed by atoms with E-state index >= 15 is 0 Å². The number of hydrogen-bond donors (Lipinski definition) is 2. The summed E-state index contributed by atoms with van der Waals surface area (Å²) in [6, 6.07) is 10.4. The van der Waals surface area contributed by atoms with E-state index in [4.69, 9.17) is 0 Å². The van der Waals surface area contributed by atoms with E-state index in [9.17, 15) is 9.59 Å². The Kier molecular flexibility index (Phi) is 7.48. The van der Waals surface area contributed by atoms with E-state index in [1.54, 1.807) is 13.8 Å². The van der Waals surface area contributed by atoms with Crippen molar-refractivity contribution < 1.29 is 9.59 Å². The molecule has 1 saturated carbocycles. The molecule has 0 spiro atoms. The van der Waals surface area contributed by atoms with Gasteiger partial charge < -0.3 is 10.6 Å². The van der Waals surface area contributed by atoms with Gasteiger partial charge in [0.2, 0.25) is 11.8 Å². The molecule has 0 radical (unpaired) electrons. The van der Waals surface area contributed by atoms with Gasteiger partial charge in [0, 0.05) is 12.6 Å². The van der Waals surface area contributed by atoms with Crippen LogP contribution in [0.15, 0.2) is 30.3 Å². The van der Waals surface area contributed by atoms with E-state index in [1.807, 2.05) is 18.2 Å². The highest BCUT2D eigenvalue weighted by Crippen LogP contribution is 2.20. The number of amides is 2. The first kappa shape index (κ1) is 19.5. The maximum absolute atomic E-state index is 12.6. The van der Waals surface area contributed by atoms with Gasteiger partial charge in [0.25, 0.3) is 0 Å². The Morgan fingerprint density at radius 1 is 1.00 bits per heavy atom. The third kappa shape index (κ3) is 6.18. The summed E-state index contributed by atoms with van der Waals surface area (Å²) in [5.41, 5.74) is 0.237. The molecule has 1 aromatic rings. The fourth-order valence-electron chi connectivity index (χ4n) is 3.25. The average Bonchev–Trinajstić information content (AvgIpc) is 2.88. The molecular weight excluding hydrogens is 312 g/mol. The molecule has 138 valence electrons. The van der Waals surface area contributed by atoms with Gasteiger partial charge in [0.1, 0.15) is 5.41 Å². The molecule has 0 aromatic heterocycles. The summed E-state index contributed by atoms with van der Waals surface area (Å²) in [6.45, 7) is 4.02. The normalized spacial score (nSPS) is 16.1. The lowest BCUT2D eigenvalue weighted by Gasteiger charge is -2.26. The maximum atomic E-state index is 12.6. The molecule has 2 rings (SSSR count). The van der Waals surface area contributed by atoms with Crippen LogP contribution < -0.4 is 10.6 Å². The zero-order valence-electron chi connectivity index (χ0n) is 15.6. The molecule has 1 aliphatic rings. The quantitative estimate of drug-likeness (QED) is 0.451. The lowest BCUT2D eigenvalue weighted by Crippen LogP contribution is -2.50. The van der Waals surface area contributed by atoms with Gasteiger partial charge in [-0.25, -0.2) is 0 Å². The SMILES string of the molecule is CC(C)(C(=O)NCCCc1ccccc1)C(=O)NC1CCCCCC1. The lowest BCUT2D eigenvalue weighted by atomic mass is 9.90. The molecule has 1 aliphatic carbocycles. The van der Waals surface area contributed by atoms with Gasteiger partial charge in [0.05, 0.1) is 0 Å². The van der Waals surface area contributed by atoms with Crippen LogP contribution >= 0.6 is 0 Å². The van der Waals surface area contributed by atoms with Crippen molar-refractivity contribution in [1.29, 1.82) is 0 Å². The Morgan fingerprint density at radius 2 is 1.64 bits per heavy atom. The topological polar surface area (TPSA) is 58.2 Å². The van der Waals surface area contributed by atoms with Crippen LogP contribution in [-0.2, 0) is 16.0 Å². The first-order valence-electron chi connectivity index (χ1n) is 9.63. The van der Waals surface area contributed by atoms with E-state index in [1.165, 1.54) is 18.4 Å². The summed E-state index contributed by atoms with van der Waals surface area (Å²) >= 11 is 0. The Labute approximate surface area is 151 Å². The third-order valence-corrected chi connectivity index (χ3v) is 5.10. The zero-order chi connectivity index (χ0) is 18.1. The van der Waals surface area contributed by atoms with Gasteiger partial charge in [-0.3, -0.25) is 9.59 Å². The van der Waals surface area contributed by atoms with Crippen LogP contribution in [0.4, 0.5) is 0 Å². The van der Waals surface area contributed by atoms with Crippen molar-refractivity contribution >= 4 is 11.8 Å². The first-order chi connectivity index (χ1) is 12.0. The maximum Gasteiger partial charge on any atom is 0.235 e. The Bertz CT molecular complexity index is 546. The summed E-state index contributed by atoms with van der Waals surface area (Å²) in [4.78, 5) is 25.0. The smallest absolute Gasteiger partial charge is 0.235 e. The summed E-state index contributed by atoms with van der Waals surface area (Å²) in [7, 11) is 0. The number of benzene rings is 1. The number of rotatable bonds is 7. The molecule has 4 heteroatoms. The van der Waals surface area contributed by atoms with Crippen molar-refractivity contribution in [3.05, 3.63) is 35.9 Å². The van der Waals surface area contributed by atoms with Crippen molar-refractivity contribution in [3.8, 4) is 0 Å². The molecule has 0 atom stereocenters. The van der Waals surface area contributed by atoms with Crippen molar-refractivity contribution in [2.75, 3.05) is 6.54 Å². The molecule has 2 amide bonds. The highest BCUT2D eigenvalue weighted by Gasteiger charge is 2.36. The molecular formula is C21H32N2O2. The number of carbonyl (C=O) groups is 2. The second kappa shape index (κ2) is 9.59. The van der Waals surface area contributed by atoms with Gasteiger partial charge >= 0.3 is 0 Å². The van der Waals surface area contributed by atoms with Crippen LogP contribution in [0.2, 0.25) is 0 Å². The first-order valence-corrected chi connectivity index (χ1v) is 9.63. The highest BCUT2D eigenvalue weighted by atomic mass is 16.2. The molecule has 0 saturated heterocycles. The van der Waals surface area contributed by atoms with E-state index in [0.29, 0.717) is 6.54 Å². The van der Waals surface area contributed by atoms with Crippen molar-refractivity contribution in [2.24, 2.45) is 5.41 Å². The lowest BCUT2D eigenvalue weighted by molar-refractivity contribution is -0.141. The second-order valence-electron chi connectivity index (χ2n) is 7.63. The van der Waals surface area contributed by atoms with E-state index in [-0.39, 0.29) is 17.9 Å². The standard InChI is InChI=1S/C21H32N2O2/c1-21(2,20(25)23-18-14-8-3-4-9-15-18)19(24)22-16-10-13-17-11-6-5-7-12-17/h5-7,11-12,18H,3-4,8-10,13-16H2,1-2H3,(H,22,24)(H,23,25). The molecule has 2 N–H and O–H groups in total. The average molecular weight is 344 g/mol. The van der Waals surface area contributed by atoms with Crippen LogP contribution in [-0.4, -0.2) is 24.4 Å². The number of carbonyl (C=O) groups excluding carboxylic acids is 2. The number of aryl methyl sites for hydroxylation is 1. The molecule has 4 nitrogen and oxygen atoms in total. The van der Waals surface area contributed by atoms with E-state index in [2.05, 4.69) is 22.8 Å². The summed E-state index contributed by atoms with van der Waals surface area (Å²) in [5, 5.41) is 6.02. The van der Waals surface area contributed by atoms with Gasteiger partial charge in [0.15, 0.2) is 0 Å². The van der Waals surface area contributed by atoms with Crippen molar-refractivity contribution in [2.45, 2.75) is 71.3 Å². The molecule has 25 heavy (non-hydrogen) atoms. The van der Waals surface area contributed by atoms with E-state index in [0.717, 1.165) is 38.5 Å². The summed E-state index contributed by atoms with van der Waals surface area (Å²) in [6.07, 6.45) is 8.68. The van der Waals surface area contributed by atoms with E-state index < -0.39 is 5.41 Å². The Balaban J connectivity index is 1.74. The predicted molar refractivity (Wildman–Crippen MR) is 101 cm³/mol. The molecule has 0 unspecified atom stereocenters. The fourth-order valence-corrected chi connectivity index (χ4v) is 3.25. The highest BCUT2D eigenvalue weighted by molar-refractivity contribution is 6.04. The third-order valence-electron chi connectivity index (χ3n) is 5.10. The van der Waals surface area contributed by atoms with Gasteiger partial charge in [-0.15, -0.1) is 0 Å². The number of nitrogens with one attached hydrogen (secondary N) is 2. The van der Waals surface area contributed by atoms with Crippen molar-refractivity contribution in [3.63, 3.8) is 0 Å². The summed E-state index contributed by atoms with van der Waals surface area (Å²) in [5.74, 6) is -0.341. The molecule has 0 heterocycles. The van der Waals surface area contributed by atoms with Crippen LogP contribution in [0.3, 0.4) is 0 Å². The predicted octanol–water partition coefficient (Wildman–Crippen LogP) is 3.60.